The highest BCUT2D eigenvalue weighted by Crippen LogP contribution is 2.20. The molecule has 0 aliphatic rings. The summed E-state index contributed by atoms with van der Waals surface area (Å²) in [7, 11) is 0. The number of benzene rings is 2. The summed E-state index contributed by atoms with van der Waals surface area (Å²) >= 11 is 0. The van der Waals surface area contributed by atoms with E-state index in [4.69, 9.17) is 0 Å². The van der Waals surface area contributed by atoms with E-state index >= 15 is 0 Å². The fraction of sp³-hybridized carbons (Fsp3) is 0.318. The van der Waals surface area contributed by atoms with Crippen molar-refractivity contribution in [2.75, 3.05) is 0 Å². The van der Waals surface area contributed by atoms with E-state index in [2.05, 4.69) is 50.3 Å². The predicted octanol–water partition coefficient (Wildman–Crippen LogP) is 5.93. The molecule has 2 heteroatoms. The summed E-state index contributed by atoms with van der Waals surface area (Å²) in [6.45, 7) is 4.46. The molecule has 1 N–H and O–H groups in total. The summed E-state index contributed by atoms with van der Waals surface area (Å²) in [5.41, 5.74) is 3.95. The molecule has 126 valence electrons. The molecule has 2 rings (SSSR count). The van der Waals surface area contributed by atoms with Gasteiger partial charge in [-0.15, -0.1) is 0 Å². The Kier molecular flexibility index (Phi) is 6.80. The van der Waals surface area contributed by atoms with E-state index in [9.17, 15) is 9.90 Å². The number of hydrogen-bond acceptors (Lipinski definition) is 1. The van der Waals surface area contributed by atoms with Gasteiger partial charge in [-0.05, 0) is 54.4 Å². The molecule has 1 unspecified atom stereocenters. The van der Waals surface area contributed by atoms with Gasteiger partial charge < -0.3 is 5.11 Å². The normalized spacial score (nSPS) is 12.4. The van der Waals surface area contributed by atoms with Gasteiger partial charge in [0.05, 0.1) is 5.56 Å². The Bertz CT molecular complexity index is 701. The lowest BCUT2D eigenvalue weighted by atomic mass is 9.96. The van der Waals surface area contributed by atoms with Crippen molar-refractivity contribution >= 4 is 12.0 Å². The van der Waals surface area contributed by atoms with Gasteiger partial charge in [0.15, 0.2) is 0 Å². The zero-order valence-electron chi connectivity index (χ0n) is 14.5. The first-order chi connectivity index (χ1) is 11.6. The number of aromatic carboxylic acids is 1. The zero-order chi connectivity index (χ0) is 17.4. The van der Waals surface area contributed by atoms with Crippen LogP contribution in [0.5, 0.6) is 0 Å². The Labute approximate surface area is 144 Å². The number of hydrogen-bond donors (Lipinski definition) is 1. The van der Waals surface area contributed by atoms with E-state index in [0.29, 0.717) is 11.5 Å². The van der Waals surface area contributed by atoms with Crippen molar-refractivity contribution in [2.24, 2.45) is 0 Å². The van der Waals surface area contributed by atoms with Crippen LogP contribution in [0.25, 0.3) is 6.08 Å². The third-order valence-electron chi connectivity index (χ3n) is 4.47. The largest absolute Gasteiger partial charge is 0.478 e. The Morgan fingerprint density at radius 2 is 1.96 bits per heavy atom. The van der Waals surface area contributed by atoms with Crippen LogP contribution in [0.1, 0.15) is 66.1 Å². The average Bonchev–Trinajstić information content (AvgIpc) is 2.61. The molecule has 0 aliphatic carbocycles. The number of aryl methyl sites for hydroxylation is 1. The first-order valence-corrected chi connectivity index (χ1v) is 8.69. The summed E-state index contributed by atoms with van der Waals surface area (Å²) < 4.78 is 0. The second-order valence-electron chi connectivity index (χ2n) is 6.24. The highest BCUT2D eigenvalue weighted by Gasteiger charge is 2.07. The maximum absolute atomic E-state index is 11.2. The monoisotopic (exact) mass is 322 g/mol. The van der Waals surface area contributed by atoms with Crippen LogP contribution < -0.4 is 0 Å². The van der Waals surface area contributed by atoms with Gasteiger partial charge in [0, 0.05) is 0 Å². The molecule has 0 saturated heterocycles. The van der Waals surface area contributed by atoms with Crippen molar-refractivity contribution in [3.8, 4) is 0 Å². The van der Waals surface area contributed by atoms with Crippen LogP contribution in [0.15, 0.2) is 54.6 Å². The van der Waals surface area contributed by atoms with Gasteiger partial charge in [0.25, 0.3) is 0 Å². The van der Waals surface area contributed by atoms with Gasteiger partial charge in [-0.3, -0.25) is 0 Å². The summed E-state index contributed by atoms with van der Waals surface area (Å²) in [6, 6.07) is 15.9. The third-order valence-corrected chi connectivity index (χ3v) is 4.47. The van der Waals surface area contributed by atoms with E-state index in [1.54, 1.807) is 12.1 Å². The highest BCUT2D eigenvalue weighted by atomic mass is 16.4. The number of rotatable bonds is 8. The molecule has 0 bridgehead atoms. The summed E-state index contributed by atoms with van der Waals surface area (Å²) in [5, 5.41) is 9.19. The van der Waals surface area contributed by atoms with Crippen LogP contribution in [0.4, 0.5) is 0 Å². The maximum Gasteiger partial charge on any atom is 0.335 e. The summed E-state index contributed by atoms with van der Waals surface area (Å²) in [5.74, 6) is -0.256. The molecule has 24 heavy (non-hydrogen) atoms. The molecule has 0 heterocycles. The van der Waals surface area contributed by atoms with Crippen LogP contribution in [0.2, 0.25) is 0 Å². The second kappa shape index (κ2) is 9.07. The van der Waals surface area contributed by atoms with Crippen molar-refractivity contribution < 1.29 is 9.90 Å². The molecule has 2 aromatic carbocycles. The van der Waals surface area contributed by atoms with Crippen molar-refractivity contribution in [2.45, 2.75) is 45.4 Å². The Morgan fingerprint density at radius 1 is 1.17 bits per heavy atom. The van der Waals surface area contributed by atoms with Crippen molar-refractivity contribution in [3.05, 3.63) is 76.9 Å². The minimum absolute atomic E-state index is 0.419. The quantitative estimate of drug-likeness (QED) is 0.611. The topological polar surface area (TPSA) is 37.3 Å². The maximum atomic E-state index is 11.2. The zero-order valence-corrected chi connectivity index (χ0v) is 14.5. The first kappa shape index (κ1) is 18.0. The lowest BCUT2D eigenvalue weighted by Crippen LogP contribution is -2.01. The fourth-order valence-electron chi connectivity index (χ4n) is 2.78. The van der Waals surface area contributed by atoms with Crippen LogP contribution in [0, 0.1) is 0 Å². The molecule has 2 nitrogen and oxygen atoms in total. The van der Waals surface area contributed by atoms with Crippen molar-refractivity contribution in [1.29, 1.82) is 0 Å². The van der Waals surface area contributed by atoms with Gasteiger partial charge >= 0.3 is 5.97 Å². The second-order valence-corrected chi connectivity index (χ2v) is 6.24. The number of carbonyl (C=O) groups is 1. The number of allylic oxidation sites excluding steroid dienone is 1. The van der Waals surface area contributed by atoms with Crippen LogP contribution in [0.3, 0.4) is 0 Å². The third kappa shape index (κ3) is 5.09. The summed E-state index contributed by atoms with van der Waals surface area (Å²) in [6.07, 6.45) is 8.18. The van der Waals surface area contributed by atoms with E-state index in [1.807, 2.05) is 12.1 Å². The standard InChI is InChI=1S/C22H26O2/c1-3-17(2)20-14-9-11-18(16-20)10-5-4-6-12-19-13-7-8-15-21(19)22(23)24/h5,7-11,13-17H,3-4,6,12H2,1-2H3,(H,23,24). The Morgan fingerprint density at radius 3 is 2.71 bits per heavy atom. The fourth-order valence-corrected chi connectivity index (χ4v) is 2.78. The Hall–Kier alpha value is -2.35. The van der Waals surface area contributed by atoms with Crippen LogP contribution in [-0.2, 0) is 6.42 Å². The van der Waals surface area contributed by atoms with E-state index < -0.39 is 5.97 Å². The highest BCUT2D eigenvalue weighted by molar-refractivity contribution is 5.89. The first-order valence-electron chi connectivity index (χ1n) is 8.69. The number of carboxylic acids is 1. The smallest absolute Gasteiger partial charge is 0.335 e. The molecule has 0 amide bonds. The lowest BCUT2D eigenvalue weighted by molar-refractivity contribution is 0.0695. The van der Waals surface area contributed by atoms with E-state index in [-0.39, 0.29) is 0 Å². The molecule has 0 spiro atoms. The van der Waals surface area contributed by atoms with Crippen LogP contribution >= 0.6 is 0 Å². The number of unbranched alkanes of at least 4 members (excludes halogenated alkanes) is 1. The molecule has 0 aromatic heterocycles. The minimum Gasteiger partial charge on any atom is -0.478 e. The summed E-state index contributed by atoms with van der Waals surface area (Å²) in [4.78, 5) is 11.2. The average molecular weight is 322 g/mol. The Balaban J connectivity index is 1.89. The molecule has 1 atom stereocenters. The lowest BCUT2D eigenvalue weighted by Gasteiger charge is -2.09. The van der Waals surface area contributed by atoms with Gasteiger partial charge in [0.1, 0.15) is 0 Å². The van der Waals surface area contributed by atoms with Gasteiger partial charge in [-0.25, -0.2) is 4.79 Å². The molecule has 0 fully saturated rings. The van der Waals surface area contributed by atoms with Crippen LogP contribution in [-0.4, -0.2) is 11.1 Å². The van der Waals surface area contributed by atoms with Crippen molar-refractivity contribution in [1.82, 2.24) is 0 Å². The SMILES string of the molecule is CCC(C)c1cccc(C=CCCCc2ccccc2C(=O)O)c1. The molecule has 0 saturated carbocycles. The molecule has 0 radical (unpaired) electrons. The van der Waals surface area contributed by atoms with Gasteiger partial charge in [-0.2, -0.15) is 0 Å². The van der Waals surface area contributed by atoms with E-state index in [1.165, 1.54) is 11.1 Å². The molecule has 2 aromatic rings. The molecular weight excluding hydrogens is 296 g/mol. The predicted molar refractivity (Wildman–Crippen MR) is 101 cm³/mol. The molecular formula is C22H26O2. The minimum atomic E-state index is -0.844. The number of carboxylic acid groups (broad SMARTS) is 1. The van der Waals surface area contributed by atoms with Gasteiger partial charge in [-0.1, -0.05) is 68.5 Å². The van der Waals surface area contributed by atoms with E-state index in [0.717, 1.165) is 31.2 Å². The van der Waals surface area contributed by atoms with Gasteiger partial charge in [0.2, 0.25) is 0 Å². The molecule has 0 aliphatic heterocycles. The van der Waals surface area contributed by atoms with Crippen molar-refractivity contribution in [3.63, 3.8) is 0 Å².